The standard InChI is InChI=1S/C18H28N4O2/c1-12-5-6-17(23)15(10-12)16-4-3-9-22(16)18(24)20-11-14-7-8-19-13(2)21-14/h7-8,12,15-17,23H,3-6,9-11H2,1-2H3,(H,20,24)/t12-,15-,16+,17+/m0/s1. The van der Waals surface area contributed by atoms with E-state index < -0.39 is 0 Å². The Labute approximate surface area is 143 Å². The third kappa shape index (κ3) is 3.86. The molecule has 2 N–H and O–H groups in total. The smallest absolute Gasteiger partial charge is 0.317 e. The molecule has 1 aliphatic heterocycles. The molecule has 6 nitrogen and oxygen atoms in total. The molecular weight excluding hydrogens is 304 g/mol. The van der Waals surface area contributed by atoms with Gasteiger partial charge >= 0.3 is 6.03 Å². The van der Waals surface area contributed by atoms with E-state index >= 15 is 0 Å². The van der Waals surface area contributed by atoms with Gasteiger partial charge in [-0.05, 0) is 51.0 Å². The highest BCUT2D eigenvalue weighted by molar-refractivity contribution is 5.74. The van der Waals surface area contributed by atoms with Crippen molar-refractivity contribution in [3.8, 4) is 0 Å². The molecule has 1 saturated heterocycles. The second-order valence-corrected chi connectivity index (χ2v) is 7.31. The fourth-order valence-corrected chi connectivity index (χ4v) is 4.18. The molecule has 1 aromatic rings. The van der Waals surface area contributed by atoms with Crippen molar-refractivity contribution in [3.05, 3.63) is 23.8 Å². The minimum absolute atomic E-state index is 0.0424. The summed E-state index contributed by atoms with van der Waals surface area (Å²) in [4.78, 5) is 23.0. The van der Waals surface area contributed by atoms with Crippen LogP contribution in [0.3, 0.4) is 0 Å². The van der Waals surface area contributed by atoms with Crippen molar-refractivity contribution in [2.45, 2.75) is 64.6 Å². The average Bonchev–Trinajstić information content (AvgIpc) is 3.04. The zero-order chi connectivity index (χ0) is 17.1. The number of likely N-dealkylation sites (tertiary alicyclic amines) is 1. The predicted molar refractivity (Wildman–Crippen MR) is 91.2 cm³/mol. The van der Waals surface area contributed by atoms with E-state index in [0.717, 1.165) is 44.3 Å². The van der Waals surface area contributed by atoms with Gasteiger partial charge in [0.25, 0.3) is 0 Å². The largest absolute Gasteiger partial charge is 0.393 e. The van der Waals surface area contributed by atoms with Crippen LogP contribution in [0.5, 0.6) is 0 Å². The summed E-state index contributed by atoms with van der Waals surface area (Å²) in [5.41, 5.74) is 0.818. The number of nitrogens with zero attached hydrogens (tertiary/aromatic N) is 3. The van der Waals surface area contributed by atoms with E-state index in [-0.39, 0.29) is 24.1 Å². The number of rotatable bonds is 3. The van der Waals surface area contributed by atoms with Crippen LogP contribution in [-0.4, -0.2) is 44.7 Å². The van der Waals surface area contributed by atoms with Crippen LogP contribution in [0.25, 0.3) is 0 Å². The molecule has 0 aromatic carbocycles. The number of hydrogen-bond donors (Lipinski definition) is 2. The van der Waals surface area contributed by atoms with Crippen LogP contribution in [0.4, 0.5) is 4.79 Å². The number of aliphatic hydroxyl groups is 1. The van der Waals surface area contributed by atoms with E-state index in [2.05, 4.69) is 22.2 Å². The molecule has 2 amide bonds. The van der Waals surface area contributed by atoms with Crippen molar-refractivity contribution in [1.29, 1.82) is 0 Å². The van der Waals surface area contributed by atoms with Gasteiger partial charge in [-0.25, -0.2) is 14.8 Å². The summed E-state index contributed by atoms with van der Waals surface area (Å²) in [7, 11) is 0. The Kier molecular flexibility index (Phi) is 5.33. The van der Waals surface area contributed by atoms with E-state index in [9.17, 15) is 9.90 Å². The van der Waals surface area contributed by atoms with Crippen LogP contribution < -0.4 is 5.32 Å². The van der Waals surface area contributed by atoms with Gasteiger partial charge in [0, 0.05) is 24.7 Å². The average molecular weight is 332 g/mol. The van der Waals surface area contributed by atoms with Gasteiger partial charge in [-0.1, -0.05) is 6.92 Å². The fraction of sp³-hybridized carbons (Fsp3) is 0.722. The number of aromatic nitrogens is 2. The zero-order valence-corrected chi connectivity index (χ0v) is 14.6. The highest BCUT2D eigenvalue weighted by atomic mass is 16.3. The second kappa shape index (κ2) is 7.47. The zero-order valence-electron chi connectivity index (χ0n) is 14.6. The summed E-state index contributed by atoms with van der Waals surface area (Å²) < 4.78 is 0. The number of aliphatic hydroxyl groups excluding tert-OH is 1. The van der Waals surface area contributed by atoms with Gasteiger partial charge in [-0.3, -0.25) is 0 Å². The summed E-state index contributed by atoms with van der Waals surface area (Å²) in [5, 5.41) is 13.4. The van der Waals surface area contributed by atoms with Crippen molar-refractivity contribution in [3.63, 3.8) is 0 Å². The molecule has 0 spiro atoms. The number of nitrogens with one attached hydrogen (secondary N) is 1. The van der Waals surface area contributed by atoms with Gasteiger partial charge in [0.15, 0.2) is 0 Å². The number of aryl methyl sites for hydroxylation is 1. The summed E-state index contributed by atoms with van der Waals surface area (Å²) in [5.74, 6) is 1.55. The third-order valence-corrected chi connectivity index (χ3v) is 5.43. The van der Waals surface area contributed by atoms with Crippen molar-refractivity contribution < 1.29 is 9.90 Å². The van der Waals surface area contributed by atoms with Gasteiger partial charge < -0.3 is 15.3 Å². The molecule has 2 fully saturated rings. The number of carbonyl (C=O) groups is 1. The van der Waals surface area contributed by atoms with Crippen LogP contribution in [0, 0.1) is 18.8 Å². The summed E-state index contributed by atoms with van der Waals surface area (Å²) in [6.07, 6.45) is 6.41. The van der Waals surface area contributed by atoms with Crippen LogP contribution in [0.15, 0.2) is 12.3 Å². The lowest BCUT2D eigenvalue weighted by atomic mass is 9.76. The lowest BCUT2D eigenvalue weighted by Crippen LogP contribution is -2.49. The van der Waals surface area contributed by atoms with E-state index in [1.807, 2.05) is 17.9 Å². The Balaban J connectivity index is 1.61. The first-order chi connectivity index (χ1) is 11.5. The number of hydrogen-bond acceptors (Lipinski definition) is 4. The molecule has 4 atom stereocenters. The van der Waals surface area contributed by atoms with E-state index in [1.54, 1.807) is 6.20 Å². The third-order valence-electron chi connectivity index (χ3n) is 5.43. The van der Waals surface area contributed by atoms with Crippen molar-refractivity contribution in [1.82, 2.24) is 20.2 Å². The molecular formula is C18H28N4O2. The summed E-state index contributed by atoms with van der Waals surface area (Å²) in [6.45, 7) is 5.27. The number of amides is 2. The monoisotopic (exact) mass is 332 g/mol. The first-order valence-corrected chi connectivity index (χ1v) is 9.05. The van der Waals surface area contributed by atoms with Gasteiger partial charge in [-0.15, -0.1) is 0 Å². The first kappa shape index (κ1) is 17.1. The molecule has 6 heteroatoms. The van der Waals surface area contributed by atoms with Crippen LogP contribution in [0.2, 0.25) is 0 Å². The summed E-state index contributed by atoms with van der Waals surface area (Å²) >= 11 is 0. The summed E-state index contributed by atoms with van der Waals surface area (Å²) in [6, 6.07) is 1.94. The number of carbonyl (C=O) groups excluding carboxylic acids is 1. The van der Waals surface area contributed by atoms with Crippen LogP contribution >= 0.6 is 0 Å². The van der Waals surface area contributed by atoms with Crippen LogP contribution in [-0.2, 0) is 6.54 Å². The Bertz CT molecular complexity index is 580. The van der Waals surface area contributed by atoms with Crippen molar-refractivity contribution in [2.24, 2.45) is 11.8 Å². The van der Waals surface area contributed by atoms with Gasteiger partial charge in [-0.2, -0.15) is 0 Å². The lowest BCUT2D eigenvalue weighted by molar-refractivity contribution is 0.0153. The number of urea groups is 1. The van der Waals surface area contributed by atoms with Gasteiger partial charge in [0.05, 0.1) is 18.3 Å². The topological polar surface area (TPSA) is 78.4 Å². The quantitative estimate of drug-likeness (QED) is 0.890. The van der Waals surface area contributed by atoms with Gasteiger partial charge in [0.2, 0.25) is 0 Å². The molecule has 1 aromatic heterocycles. The molecule has 0 bridgehead atoms. The van der Waals surface area contributed by atoms with Crippen molar-refractivity contribution in [2.75, 3.05) is 6.54 Å². The normalized spacial score (nSPS) is 30.4. The van der Waals surface area contributed by atoms with E-state index in [0.29, 0.717) is 18.3 Å². The van der Waals surface area contributed by atoms with E-state index in [4.69, 9.17) is 0 Å². The molecule has 2 heterocycles. The van der Waals surface area contributed by atoms with Gasteiger partial charge in [0.1, 0.15) is 5.82 Å². The Morgan fingerprint density at radius 2 is 2.25 bits per heavy atom. The Hall–Kier alpha value is -1.69. The Morgan fingerprint density at radius 1 is 1.42 bits per heavy atom. The van der Waals surface area contributed by atoms with Crippen LogP contribution in [0.1, 0.15) is 50.5 Å². The fourth-order valence-electron chi connectivity index (χ4n) is 4.18. The SMILES string of the molecule is Cc1nccc(CNC(=O)N2CCC[C@@H]2[C@@H]2C[C@@H](C)CC[C@H]2O)n1. The maximum Gasteiger partial charge on any atom is 0.317 e. The van der Waals surface area contributed by atoms with Crippen molar-refractivity contribution >= 4 is 6.03 Å². The molecule has 1 aliphatic carbocycles. The molecule has 2 aliphatic rings. The lowest BCUT2D eigenvalue weighted by Gasteiger charge is -2.39. The molecule has 0 unspecified atom stereocenters. The highest BCUT2D eigenvalue weighted by Gasteiger charge is 2.40. The minimum atomic E-state index is -0.274. The molecule has 3 rings (SSSR count). The highest BCUT2D eigenvalue weighted by Crippen LogP contribution is 2.37. The molecule has 132 valence electrons. The van der Waals surface area contributed by atoms with E-state index in [1.165, 1.54) is 0 Å². The molecule has 1 saturated carbocycles. The maximum absolute atomic E-state index is 12.6. The Morgan fingerprint density at radius 3 is 3.04 bits per heavy atom. The molecule has 0 radical (unpaired) electrons. The maximum atomic E-state index is 12.6. The first-order valence-electron chi connectivity index (χ1n) is 9.05. The second-order valence-electron chi connectivity index (χ2n) is 7.31. The minimum Gasteiger partial charge on any atom is -0.393 e. The molecule has 24 heavy (non-hydrogen) atoms. The predicted octanol–water partition coefficient (Wildman–Crippen LogP) is 2.26.